The SMILES string of the molecule is O=C1c2ccccc2C(=O)c2c1n[n+]([O-])n2CCN1CCN(CCCN2CCCCC2)CC1. The van der Waals surface area contributed by atoms with Crippen LogP contribution in [-0.4, -0.2) is 94.9 Å². The molecule has 3 aliphatic rings. The molecule has 0 amide bonds. The largest absolute Gasteiger partial charge is 0.571 e. The molecule has 9 heteroatoms. The minimum atomic E-state index is -0.360. The molecule has 0 atom stereocenters. The van der Waals surface area contributed by atoms with Crippen molar-refractivity contribution in [1.29, 1.82) is 0 Å². The van der Waals surface area contributed by atoms with E-state index in [4.69, 9.17) is 0 Å². The second-order valence-corrected chi connectivity index (χ2v) is 9.32. The van der Waals surface area contributed by atoms with Crippen LogP contribution in [0.5, 0.6) is 0 Å². The molecule has 0 N–H and O–H groups in total. The number of piperazine rings is 1. The number of hydrogen-bond donors (Lipinski definition) is 0. The quantitative estimate of drug-likeness (QED) is 0.387. The van der Waals surface area contributed by atoms with E-state index >= 15 is 0 Å². The highest BCUT2D eigenvalue weighted by Gasteiger charge is 2.39. The Kier molecular flexibility index (Phi) is 6.52. The molecule has 0 saturated carbocycles. The molecule has 176 valence electrons. The Morgan fingerprint density at radius 2 is 1.33 bits per heavy atom. The van der Waals surface area contributed by atoms with Crippen molar-refractivity contribution >= 4 is 11.6 Å². The molecule has 2 aromatic rings. The fraction of sp³-hybridized carbons (Fsp3) is 0.583. The van der Waals surface area contributed by atoms with E-state index in [0.29, 0.717) is 29.2 Å². The maximum Gasteiger partial charge on any atom is 0.220 e. The Morgan fingerprint density at radius 1 is 0.758 bits per heavy atom. The summed E-state index contributed by atoms with van der Waals surface area (Å²) in [5.74, 6) is -0.664. The van der Waals surface area contributed by atoms with Crippen LogP contribution in [-0.2, 0) is 6.54 Å². The van der Waals surface area contributed by atoms with Crippen molar-refractivity contribution in [2.45, 2.75) is 32.2 Å². The molecule has 0 radical (unpaired) electrons. The van der Waals surface area contributed by atoms with E-state index in [0.717, 1.165) is 32.7 Å². The van der Waals surface area contributed by atoms with Crippen molar-refractivity contribution in [1.82, 2.24) is 24.5 Å². The molecule has 0 spiro atoms. The van der Waals surface area contributed by atoms with Gasteiger partial charge in [0.05, 0.1) is 6.54 Å². The zero-order valence-electron chi connectivity index (χ0n) is 19.1. The van der Waals surface area contributed by atoms with Crippen LogP contribution in [0.4, 0.5) is 0 Å². The summed E-state index contributed by atoms with van der Waals surface area (Å²) in [5.41, 5.74) is 0.740. The summed E-state index contributed by atoms with van der Waals surface area (Å²) in [6.45, 7) is 9.74. The third-order valence-corrected chi connectivity index (χ3v) is 7.21. The van der Waals surface area contributed by atoms with Gasteiger partial charge in [0.25, 0.3) is 0 Å². The van der Waals surface area contributed by atoms with Crippen LogP contribution < -0.4 is 4.96 Å². The molecule has 33 heavy (non-hydrogen) atoms. The number of benzene rings is 1. The molecule has 5 rings (SSSR count). The van der Waals surface area contributed by atoms with Gasteiger partial charge in [-0.15, -0.1) is 4.68 Å². The fourth-order valence-corrected chi connectivity index (χ4v) is 5.28. The Balaban J connectivity index is 1.14. The van der Waals surface area contributed by atoms with Crippen molar-refractivity contribution in [3.63, 3.8) is 0 Å². The summed E-state index contributed by atoms with van der Waals surface area (Å²) in [5, 5.41) is 16.3. The van der Waals surface area contributed by atoms with E-state index in [1.54, 1.807) is 24.3 Å². The number of ketones is 2. The van der Waals surface area contributed by atoms with Crippen LogP contribution in [0.3, 0.4) is 0 Å². The maximum absolute atomic E-state index is 13.0. The molecule has 2 saturated heterocycles. The van der Waals surface area contributed by atoms with E-state index in [1.807, 2.05) is 0 Å². The molecule has 1 aromatic carbocycles. The normalized spacial score (nSPS) is 20.1. The first-order valence-corrected chi connectivity index (χ1v) is 12.2. The van der Waals surface area contributed by atoms with Gasteiger partial charge in [0.2, 0.25) is 17.3 Å². The molecule has 1 aromatic heterocycles. The zero-order valence-corrected chi connectivity index (χ0v) is 19.1. The third-order valence-electron chi connectivity index (χ3n) is 7.21. The monoisotopic (exact) mass is 452 g/mol. The Morgan fingerprint density at radius 3 is 2.00 bits per heavy atom. The maximum atomic E-state index is 13.0. The van der Waals surface area contributed by atoms with Gasteiger partial charge in [-0.25, -0.2) is 0 Å². The van der Waals surface area contributed by atoms with Crippen molar-refractivity contribution in [3.05, 3.63) is 52.0 Å². The smallest absolute Gasteiger partial charge is 0.220 e. The Bertz CT molecular complexity index is 1020. The third kappa shape index (κ3) is 4.58. The number of carbonyl (C=O) groups is 2. The van der Waals surface area contributed by atoms with Gasteiger partial charge in [0, 0.05) is 53.9 Å². The Labute approximate surface area is 194 Å². The van der Waals surface area contributed by atoms with Gasteiger partial charge < -0.3 is 15.0 Å². The summed E-state index contributed by atoms with van der Waals surface area (Å²) in [4.78, 5) is 33.6. The predicted octanol–water partition coefficient (Wildman–Crippen LogP) is 0.786. The average molecular weight is 453 g/mol. The number of piperidine rings is 1. The van der Waals surface area contributed by atoms with E-state index in [9.17, 15) is 14.8 Å². The second-order valence-electron chi connectivity index (χ2n) is 9.32. The molecule has 3 heterocycles. The number of rotatable bonds is 7. The number of carbonyl (C=O) groups excluding carboxylic acids is 2. The number of hydrogen-bond acceptors (Lipinski definition) is 7. The lowest BCUT2D eigenvalue weighted by molar-refractivity contribution is -0.749. The number of nitrogens with zero attached hydrogens (tertiary/aromatic N) is 6. The van der Waals surface area contributed by atoms with E-state index in [-0.39, 0.29) is 23.0 Å². The zero-order chi connectivity index (χ0) is 22.8. The summed E-state index contributed by atoms with van der Waals surface area (Å²) < 4.78 is 1.32. The molecule has 2 aliphatic heterocycles. The lowest BCUT2D eigenvalue weighted by Crippen LogP contribution is -2.49. The van der Waals surface area contributed by atoms with Crippen LogP contribution >= 0.6 is 0 Å². The van der Waals surface area contributed by atoms with Crippen molar-refractivity contribution in [3.8, 4) is 0 Å². The standard InChI is InChI=1S/C24H32N6O3/c31-23-19-7-2-3-8-20(19)24(32)22-21(23)25-30(33)29(22)18-17-28-15-13-27(14-16-28)12-6-11-26-9-4-1-5-10-26/h2-3,7-8H,1,4-6,9-18H2. The first-order chi connectivity index (χ1) is 16.1. The van der Waals surface area contributed by atoms with E-state index < -0.39 is 0 Å². The topological polar surface area (TPSA) is 88.6 Å². The van der Waals surface area contributed by atoms with Gasteiger partial charge in [-0.2, -0.15) is 0 Å². The van der Waals surface area contributed by atoms with Crippen LogP contribution in [0.15, 0.2) is 24.3 Å². The lowest BCUT2D eigenvalue weighted by atomic mass is 9.90. The van der Waals surface area contributed by atoms with Gasteiger partial charge in [-0.1, -0.05) is 30.7 Å². The van der Waals surface area contributed by atoms with Crippen molar-refractivity contribution in [2.24, 2.45) is 0 Å². The van der Waals surface area contributed by atoms with Crippen LogP contribution in [0.2, 0.25) is 0 Å². The molecule has 0 bridgehead atoms. The molecule has 1 aliphatic carbocycles. The molecule has 9 nitrogen and oxygen atoms in total. The summed E-state index contributed by atoms with van der Waals surface area (Å²) in [6, 6.07) is 6.69. The van der Waals surface area contributed by atoms with E-state index in [1.165, 1.54) is 50.0 Å². The first kappa shape index (κ1) is 22.2. The van der Waals surface area contributed by atoms with Gasteiger partial charge in [-0.05, 0) is 45.4 Å². The fourth-order valence-electron chi connectivity index (χ4n) is 5.28. The minimum absolute atomic E-state index is 0.0350. The van der Waals surface area contributed by atoms with Gasteiger partial charge in [0.15, 0.2) is 5.69 Å². The van der Waals surface area contributed by atoms with E-state index in [2.05, 4.69) is 19.8 Å². The van der Waals surface area contributed by atoms with Crippen LogP contribution in [0.1, 0.15) is 57.8 Å². The second kappa shape index (κ2) is 9.70. The highest BCUT2D eigenvalue weighted by atomic mass is 16.5. The molecule has 2 fully saturated rings. The minimum Gasteiger partial charge on any atom is -0.571 e. The first-order valence-electron chi connectivity index (χ1n) is 12.2. The van der Waals surface area contributed by atoms with Crippen molar-refractivity contribution < 1.29 is 14.5 Å². The van der Waals surface area contributed by atoms with Gasteiger partial charge in [-0.3, -0.25) is 14.5 Å². The van der Waals surface area contributed by atoms with Gasteiger partial charge in [0.1, 0.15) is 0 Å². The van der Waals surface area contributed by atoms with Crippen LogP contribution in [0, 0.1) is 5.21 Å². The molecular weight excluding hydrogens is 420 g/mol. The predicted molar refractivity (Wildman–Crippen MR) is 122 cm³/mol. The van der Waals surface area contributed by atoms with Crippen LogP contribution in [0.25, 0.3) is 0 Å². The molecular formula is C24H32N6O3. The summed E-state index contributed by atoms with van der Waals surface area (Å²) in [7, 11) is 0. The number of likely N-dealkylation sites (tertiary alicyclic amines) is 1. The summed E-state index contributed by atoms with van der Waals surface area (Å²) in [6.07, 6.45) is 5.28. The highest BCUT2D eigenvalue weighted by molar-refractivity contribution is 6.26. The highest BCUT2D eigenvalue weighted by Crippen LogP contribution is 2.25. The Hall–Kier alpha value is -2.62. The molecule has 0 unspecified atom stereocenters. The summed E-state index contributed by atoms with van der Waals surface area (Å²) >= 11 is 0. The average Bonchev–Trinajstić information content (AvgIpc) is 3.19. The van der Waals surface area contributed by atoms with Gasteiger partial charge >= 0.3 is 0 Å². The number of aromatic nitrogens is 3. The lowest BCUT2D eigenvalue weighted by Gasteiger charge is -2.35. The van der Waals surface area contributed by atoms with Crippen molar-refractivity contribution in [2.75, 3.05) is 58.9 Å². The number of fused-ring (bicyclic) bond motifs is 2.